The van der Waals surface area contributed by atoms with E-state index < -0.39 is 11.9 Å². The van der Waals surface area contributed by atoms with Crippen molar-refractivity contribution in [2.45, 2.75) is 0 Å². The summed E-state index contributed by atoms with van der Waals surface area (Å²) in [5.41, 5.74) is 0.492. The molecule has 92 valence electrons. The van der Waals surface area contributed by atoms with Gasteiger partial charge >= 0.3 is 41.5 Å². The largest absolute Gasteiger partial charge is 1.00 e. The number of carboxylic acid groups (broad SMARTS) is 1. The van der Waals surface area contributed by atoms with Crippen LogP contribution in [0.1, 0.15) is 22.1 Å². The summed E-state index contributed by atoms with van der Waals surface area (Å²) in [5.74, 6) is -1.37. The van der Waals surface area contributed by atoms with E-state index in [2.05, 4.69) is 0 Å². The van der Waals surface area contributed by atoms with Crippen LogP contribution in [0.15, 0.2) is 54.6 Å². The number of benzene rings is 2. The number of rotatable bonds is 3. The van der Waals surface area contributed by atoms with Crippen LogP contribution in [0.2, 0.25) is 0 Å². The number of carboxylic acids is 1. The van der Waals surface area contributed by atoms with Gasteiger partial charge in [0.1, 0.15) is 5.75 Å². The first-order chi connectivity index (χ1) is 8.66. The second-order valence-electron chi connectivity index (χ2n) is 3.59. The molecule has 0 atom stereocenters. The summed E-state index contributed by atoms with van der Waals surface area (Å²) < 4.78 is 5.09. The first-order valence-corrected chi connectivity index (χ1v) is 5.27. The summed E-state index contributed by atoms with van der Waals surface area (Å²) in [6.07, 6.45) is 0. The van der Waals surface area contributed by atoms with Crippen molar-refractivity contribution in [1.29, 1.82) is 0 Å². The first kappa shape index (κ1) is 15.4. The molecule has 1 N–H and O–H groups in total. The van der Waals surface area contributed by atoms with E-state index in [9.17, 15) is 9.59 Å². The van der Waals surface area contributed by atoms with E-state index in [0.717, 1.165) is 0 Å². The van der Waals surface area contributed by atoms with Crippen LogP contribution in [0, 0.1) is 0 Å². The van der Waals surface area contributed by atoms with Crippen molar-refractivity contribution in [3.8, 4) is 5.75 Å². The first-order valence-electron chi connectivity index (χ1n) is 5.27. The zero-order chi connectivity index (χ0) is 13.0. The summed E-state index contributed by atoms with van der Waals surface area (Å²) >= 11 is 0. The van der Waals surface area contributed by atoms with E-state index in [4.69, 9.17) is 9.84 Å². The Morgan fingerprint density at radius 2 is 1.58 bits per heavy atom. The average molecular weight is 266 g/mol. The van der Waals surface area contributed by atoms with Crippen molar-refractivity contribution < 1.29 is 50.4 Å². The Morgan fingerprint density at radius 3 is 2.21 bits per heavy atom. The fourth-order valence-electron chi connectivity index (χ4n) is 1.43. The van der Waals surface area contributed by atoms with E-state index >= 15 is 0 Å². The van der Waals surface area contributed by atoms with Crippen molar-refractivity contribution in [3.63, 3.8) is 0 Å². The summed E-state index contributed by atoms with van der Waals surface area (Å²) in [5, 5.41) is 8.82. The Bertz CT molecular complexity index is 587. The summed E-state index contributed by atoms with van der Waals surface area (Å²) in [7, 11) is 0. The molecule has 5 heteroatoms. The zero-order valence-electron chi connectivity index (χ0n) is 11.4. The third-order valence-corrected chi connectivity index (χ3v) is 2.30. The van der Waals surface area contributed by atoms with Crippen LogP contribution in [0.25, 0.3) is 0 Å². The van der Waals surface area contributed by atoms with Crippen LogP contribution in [-0.4, -0.2) is 17.0 Å². The van der Waals surface area contributed by atoms with Crippen LogP contribution < -0.4 is 34.3 Å². The van der Waals surface area contributed by atoms with Crippen LogP contribution in [-0.2, 0) is 0 Å². The number of aromatic carboxylic acids is 1. The molecule has 0 heterocycles. The Labute approximate surface area is 133 Å². The second kappa shape index (κ2) is 7.09. The van der Waals surface area contributed by atoms with Gasteiger partial charge in [-0.2, -0.15) is 0 Å². The predicted octanol–water partition coefficient (Wildman–Crippen LogP) is -0.280. The molecule has 0 fully saturated rings. The summed E-state index contributed by atoms with van der Waals surface area (Å²) in [6.45, 7) is 0. The standard InChI is InChI=1S/C14H10O4.Na.H/c15-13(16)11-7-4-8-12(9-11)18-14(17)10-5-2-1-3-6-10;;/h1-9H,(H,15,16);;/q;+1;-1. The van der Waals surface area contributed by atoms with Crippen LogP contribution in [0.3, 0.4) is 0 Å². The van der Waals surface area contributed by atoms with Gasteiger partial charge in [-0.1, -0.05) is 24.3 Å². The molecule has 4 nitrogen and oxygen atoms in total. The molecule has 0 unspecified atom stereocenters. The number of hydrogen-bond acceptors (Lipinski definition) is 3. The molecule has 0 aliphatic heterocycles. The van der Waals surface area contributed by atoms with E-state index in [1.54, 1.807) is 30.3 Å². The van der Waals surface area contributed by atoms with Gasteiger partial charge in [0.05, 0.1) is 11.1 Å². The Hall–Kier alpha value is -1.62. The van der Waals surface area contributed by atoms with Crippen LogP contribution in [0.4, 0.5) is 0 Å². The minimum Gasteiger partial charge on any atom is -1.00 e. The molecule has 2 aromatic carbocycles. The molecule has 0 aromatic heterocycles. The van der Waals surface area contributed by atoms with Gasteiger partial charge in [0, 0.05) is 0 Å². The van der Waals surface area contributed by atoms with E-state index in [-0.39, 0.29) is 42.3 Å². The van der Waals surface area contributed by atoms with Crippen LogP contribution in [0.5, 0.6) is 5.75 Å². The zero-order valence-corrected chi connectivity index (χ0v) is 12.4. The third-order valence-electron chi connectivity index (χ3n) is 2.30. The molecule has 2 aromatic rings. The molecule has 0 saturated heterocycles. The molecule has 0 bridgehead atoms. The number of hydrogen-bond donors (Lipinski definition) is 1. The van der Waals surface area contributed by atoms with Crippen molar-refractivity contribution in [3.05, 3.63) is 65.7 Å². The van der Waals surface area contributed by atoms with Gasteiger partial charge in [0.25, 0.3) is 0 Å². The molecular formula is C14H11NaO4. The third kappa shape index (κ3) is 4.21. The Balaban J connectivity index is 0.00000180. The van der Waals surface area contributed by atoms with Gasteiger partial charge in [-0.05, 0) is 30.3 Å². The normalized spacial score (nSPS) is 9.26. The van der Waals surface area contributed by atoms with Gasteiger partial charge in [-0.15, -0.1) is 0 Å². The smallest absolute Gasteiger partial charge is 1.00 e. The second-order valence-corrected chi connectivity index (χ2v) is 3.59. The Morgan fingerprint density at radius 1 is 0.947 bits per heavy atom. The molecule has 0 aliphatic rings. The fourth-order valence-corrected chi connectivity index (χ4v) is 1.43. The molecule has 2 rings (SSSR count). The van der Waals surface area contributed by atoms with Gasteiger partial charge < -0.3 is 11.3 Å². The predicted molar refractivity (Wildman–Crippen MR) is 65.9 cm³/mol. The van der Waals surface area contributed by atoms with Crippen LogP contribution >= 0.6 is 0 Å². The van der Waals surface area contributed by atoms with Gasteiger partial charge in [0.2, 0.25) is 0 Å². The van der Waals surface area contributed by atoms with E-state index in [0.29, 0.717) is 5.56 Å². The number of ether oxygens (including phenoxy) is 1. The number of carbonyl (C=O) groups excluding carboxylic acids is 1. The maximum absolute atomic E-state index is 11.7. The molecule has 0 radical (unpaired) electrons. The average Bonchev–Trinajstić information content (AvgIpc) is 2.40. The van der Waals surface area contributed by atoms with E-state index in [1.807, 2.05) is 0 Å². The quantitative estimate of drug-likeness (QED) is 0.471. The molecule has 0 saturated carbocycles. The maximum Gasteiger partial charge on any atom is 1.00 e. The molecule has 0 aliphatic carbocycles. The van der Waals surface area contributed by atoms with Gasteiger partial charge in [-0.25, -0.2) is 9.59 Å². The number of esters is 1. The molecule has 0 spiro atoms. The van der Waals surface area contributed by atoms with Crippen molar-refractivity contribution >= 4 is 11.9 Å². The fraction of sp³-hybridized carbons (Fsp3) is 0. The summed E-state index contributed by atoms with van der Waals surface area (Å²) in [6, 6.07) is 14.3. The van der Waals surface area contributed by atoms with Crippen molar-refractivity contribution in [1.82, 2.24) is 0 Å². The SMILES string of the molecule is O=C(O)c1cccc(OC(=O)c2ccccc2)c1.[H-].[Na+]. The minimum absolute atomic E-state index is 0. The van der Waals surface area contributed by atoms with E-state index in [1.165, 1.54) is 24.3 Å². The topological polar surface area (TPSA) is 63.6 Å². The number of carbonyl (C=O) groups is 2. The molecule has 19 heavy (non-hydrogen) atoms. The monoisotopic (exact) mass is 266 g/mol. The molecular weight excluding hydrogens is 255 g/mol. The summed E-state index contributed by atoms with van der Waals surface area (Å²) in [4.78, 5) is 22.5. The van der Waals surface area contributed by atoms with Crippen molar-refractivity contribution in [2.24, 2.45) is 0 Å². The molecule has 0 amide bonds. The Kier molecular flexibility index (Phi) is 5.76. The van der Waals surface area contributed by atoms with Gasteiger partial charge in [-0.3, -0.25) is 0 Å². The minimum atomic E-state index is -1.06. The van der Waals surface area contributed by atoms with Gasteiger partial charge in [0.15, 0.2) is 0 Å². The van der Waals surface area contributed by atoms with Crippen molar-refractivity contribution in [2.75, 3.05) is 0 Å². The maximum atomic E-state index is 11.7.